The number of thioether (sulfide) groups is 1. The summed E-state index contributed by atoms with van der Waals surface area (Å²) in [6, 6.07) is 13.0. The van der Waals surface area contributed by atoms with E-state index in [1.165, 1.54) is 10.5 Å². The predicted molar refractivity (Wildman–Crippen MR) is 75.0 cm³/mol. The van der Waals surface area contributed by atoms with Crippen LogP contribution < -0.4 is 5.32 Å². The minimum atomic E-state index is 0.279. The van der Waals surface area contributed by atoms with Crippen molar-refractivity contribution in [2.75, 3.05) is 12.3 Å². The van der Waals surface area contributed by atoms with E-state index in [2.05, 4.69) is 42.6 Å². The molecule has 3 rings (SSSR count). The fourth-order valence-electron chi connectivity index (χ4n) is 2.59. The molecule has 1 aliphatic rings. The van der Waals surface area contributed by atoms with Crippen molar-refractivity contribution in [1.29, 1.82) is 0 Å². The lowest BCUT2D eigenvalue weighted by Crippen LogP contribution is -2.26. The number of fused-ring (bicyclic) bond motifs is 1. The molecule has 1 aliphatic heterocycles. The third-order valence-electron chi connectivity index (χ3n) is 3.41. The second kappa shape index (κ2) is 5.21. The predicted octanol–water partition coefficient (Wildman–Crippen LogP) is 3.82. The maximum Gasteiger partial charge on any atom is 0.121 e. The lowest BCUT2D eigenvalue weighted by Gasteiger charge is -2.22. The molecular weight excluding hydrogens is 242 g/mol. The summed E-state index contributed by atoms with van der Waals surface area (Å²) in [6.45, 7) is 3.10. The van der Waals surface area contributed by atoms with Gasteiger partial charge in [0, 0.05) is 16.6 Å². The van der Waals surface area contributed by atoms with Crippen LogP contribution in [0.5, 0.6) is 0 Å². The molecular formula is C15H17NOS. The molecule has 2 heterocycles. The number of likely N-dealkylation sites (N-methyl/N-ethyl adjacent to an activating group) is 1. The Morgan fingerprint density at radius 3 is 3.00 bits per heavy atom. The molecule has 1 aromatic carbocycles. The Morgan fingerprint density at radius 2 is 2.22 bits per heavy atom. The summed E-state index contributed by atoms with van der Waals surface area (Å²) in [5.41, 5.74) is 1.45. The fourth-order valence-corrected chi connectivity index (χ4v) is 3.88. The first-order valence-corrected chi connectivity index (χ1v) is 7.37. The van der Waals surface area contributed by atoms with Crippen molar-refractivity contribution in [1.82, 2.24) is 5.32 Å². The summed E-state index contributed by atoms with van der Waals surface area (Å²) in [5, 5.41) is 3.56. The lowest BCUT2D eigenvalue weighted by atomic mass is 9.92. The highest BCUT2D eigenvalue weighted by molar-refractivity contribution is 7.99. The average molecular weight is 259 g/mol. The van der Waals surface area contributed by atoms with Crippen LogP contribution in [0.25, 0.3) is 0 Å². The van der Waals surface area contributed by atoms with Crippen LogP contribution in [0.15, 0.2) is 52.0 Å². The van der Waals surface area contributed by atoms with Gasteiger partial charge in [0.2, 0.25) is 0 Å². The van der Waals surface area contributed by atoms with Gasteiger partial charge >= 0.3 is 0 Å². The second-order valence-corrected chi connectivity index (χ2v) is 5.57. The quantitative estimate of drug-likeness (QED) is 0.903. The first-order valence-electron chi connectivity index (χ1n) is 6.38. The van der Waals surface area contributed by atoms with Gasteiger partial charge in [0.1, 0.15) is 5.76 Å². The molecule has 0 spiro atoms. The smallest absolute Gasteiger partial charge is 0.121 e. The SMILES string of the molecule is CCNC(c1ccco1)C1CSc2ccccc21. The van der Waals surface area contributed by atoms with Crippen LogP contribution in [-0.4, -0.2) is 12.3 Å². The summed E-state index contributed by atoms with van der Waals surface area (Å²) in [7, 11) is 0. The Hall–Kier alpha value is -1.19. The van der Waals surface area contributed by atoms with Gasteiger partial charge in [-0.25, -0.2) is 0 Å². The molecule has 18 heavy (non-hydrogen) atoms. The number of furan rings is 1. The Kier molecular flexibility index (Phi) is 3.43. The zero-order valence-electron chi connectivity index (χ0n) is 10.4. The number of hydrogen-bond acceptors (Lipinski definition) is 3. The molecule has 0 saturated heterocycles. The molecule has 0 bridgehead atoms. The van der Waals surface area contributed by atoms with Crippen molar-refractivity contribution in [3.05, 3.63) is 54.0 Å². The number of nitrogens with one attached hydrogen (secondary N) is 1. The largest absolute Gasteiger partial charge is 0.468 e. The molecule has 2 nitrogen and oxygen atoms in total. The zero-order chi connectivity index (χ0) is 12.4. The number of hydrogen-bond donors (Lipinski definition) is 1. The van der Waals surface area contributed by atoms with Crippen molar-refractivity contribution < 1.29 is 4.42 Å². The molecule has 0 radical (unpaired) electrons. The summed E-state index contributed by atoms with van der Waals surface area (Å²) in [6.07, 6.45) is 1.76. The maximum atomic E-state index is 5.60. The minimum Gasteiger partial charge on any atom is -0.468 e. The molecule has 2 aromatic rings. The van der Waals surface area contributed by atoms with E-state index in [0.717, 1.165) is 18.1 Å². The molecule has 0 fully saturated rings. The minimum absolute atomic E-state index is 0.279. The molecule has 94 valence electrons. The molecule has 0 aliphatic carbocycles. The Labute approximate surface area is 112 Å². The summed E-state index contributed by atoms with van der Waals surface area (Å²) in [5.74, 6) is 2.66. The van der Waals surface area contributed by atoms with Gasteiger partial charge in [-0.3, -0.25) is 0 Å². The van der Waals surface area contributed by atoms with Crippen molar-refractivity contribution in [3.63, 3.8) is 0 Å². The van der Waals surface area contributed by atoms with E-state index in [9.17, 15) is 0 Å². The highest BCUT2D eigenvalue weighted by atomic mass is 32.2. The molecule has 0 saturated carbocycles. The Morgan fingerprint density at radius 1 is 1.33 bits per heavy atom. The van der Waals surface area contributed by atoms with Gasteiger partial charge in [0.15, 0.2) is 0 Å². The van der Waals surface area contributed by atoms with Crippen LogP contribution in [-0.2, 0) is 0 Å². The zero-order valence-corrected chi connectivity index (χ0v) is 11.2. The molecule has 2 atom stereocenters. The monoisotopic (exact) mass is 259 g/mol. The van der Waals surface area contributed by atoms with Crippen LogP contribution in [0, 0.1) is 0 Å². The van der Waals surface area contributed by atoms with E-state index in [-0.39, 0.29) is 6.04 Å². The third-order valence-corrected chi connectivity index (χ3v) is 4.62. The van der Waals surface area contributed by atoms with E-state index >= 15 is 0 Å². The Balaban J connectivity index is 1.93. The molecule has 2 unspecified atom stereocenters. The van der Waals surface area contributed by atoms with Crippen LogP contribution in [0.3, 0.4) is 0 Å². The van der Waals surface area contributed by atoms with Crippen molar-refractivity contribution in [2.45, 2.75) is 23.8 Å². The average Bonchev–Trinajstić information content (AvgIpc) is 3.06. The van der Waals surface area contributed by atoms with E-state index in [0.29, 0.717) is 5.92 Å². The second-order valence-electron chi connectivity index (χ2n) is 4.51. The van der Waals surface area contributed by atoms with E-state index in [1.807, 2.05) is 17.8 Å². The third kappa shape index (κ3) is 2.08. The van der Waals surface area contributed by atoms with Crippen LogP contribution in [0.2, 0.25) is 0 Å². The van der Waals surface area contributed by atoms with Crippen LogP contribution in [0.1, 0.15) is 30.2 Å². The van der Waals surface area contributed by atoms with E-state index in [1.54, 1.807) is 6.26 Å². The normalized spacial score (nSPS) is 19.7. The maximum absolute atomic E-state index is 5.60. The topological polar surface area (TPSA) is 25.2 Å². The van der Waals surface area contributed by atoms with Crippen molar-refractivity contribution in [3.8, 4) is 0 Å². The van der Waals surface area contributed by atoms with Gasteiger partial charge in [0.25, 0.3) is 0 Å². The first-order chi connectivity index (χ1) is 8.90. The van der Waals surface area contributed by atoms with Crippen LogP contribution in [0.4, 0.5) is 0 Å². The van der Waals surface area contributed by atoms with Crippen molar-refractivity contribution >= 4 is 11.8 Å². The number of rotatable bonds is 4. The molecule has 1 aromatic heterocycles. The Bertz CT molecular complexity index is 507. The van der Waals surface area contributed by atoms with Gasteiger partial charge in [0.05, 0.1) is 12.3 Å². The lowest BCUT2D eigenvalue weighted by molar-refractivity contribution is 0.385. The molecule has 1 N–H and O–H groups in total. The van der Waals surface area contributed by atoms with Gasteiger partial charge in [-0.05, 0) is 30.3 Å². The fraction of sp³-hybridized carbons (Fsp3) is 0.333. The van der Waals surface area contributed by atoms with E-state index < -0.39 is 0 Å². The van der Waals surface area contributed by atoms with Crippen LogP contribution >= 0.6 is 11.8 Å². The summed E-state index contributed by atoms with van der Waals surface area (Å²) >= 11 is 1.95. The first kappa shape index (κ1) is 11.9. The highest BCUT2D eigenvalue weighted by Gasteiger charge is 2.32. The van der Waals surface area contributed by atoms with Gasteiger partial charge < -0.3 is 9.73 Å². The summed E-state index contributed by atoms with van der Waals surface area (Å²) < 4.78 is 5.60. The summed E-state index contributed by atoms with van der Waals surface area (Å²) in [4.78, 5) is 1.41. The number of benzene rings is 1. The van der Waals surface area contributed by atoms with Crippen molar-refractivity contribution in [2.24, 2.45) is 0 Å². The molecule has 0 amide bonds. The van der Waals surface area contributed by atoms with Gasteiger partial charge in [-0.15, -0.1) is 11.8 Å². The standard InChI is InChI=1S/C15H17NOS/c1-2-16-15(13-7-5-9-17-13)12-10-18-14-8-4-3-6-11(12)14/h3-9,12,15-16H,2,10H2,1H3. The van der Waals surface area contributed by atoms with E-state index in [4.69, 9.17) is 4.42 Å². The molecule has 3 heteroatoms. The van der Waals surface area contributed by atoms with Gasteiger partial charge in [-0.1, -0.05) is 25.1 Å². The highest BCUT2D eigenvalue weighted by Crippen LogP contribution is 2.45. The van der Waals surface area contributed by atoms with Gasteiger partial charge in [-0.2, -0.15) is 0 Å².